The average molecular weight is 282 g/mol. The zero-order valence-corrected chi connectivity index (χ0v) is 11.8. The number of hydrogen-bond donors (Lipinski definition) is 1. The van der Waals surface area contributed by atoms with E-state index in [-0.39, 0.29) is 19.1 Å². The first-order valence-corrected chi connectivity index (χ1v) is 6.47. The fraction of sp³-hybridized carbons (Fsp3) is 0.615. The van der Waals surface area contributed by atoms with E-state index < -0.39 is 17.9 Å². The second-order valence-electron chi connectivity index (χ2n) is 4.92. The van der Waals surface area contributed by atoms with Crippen molar-refractivity contribution >= 4 is 11.9 Å². The molecule has 2 heterocycles. The van der Waals surface area contributed by atoms with Crippen LogP contribution in [0.4, 0.5) is 0 Å². The van der Waals surface area contributed by atoms with E-state index in [1.54, 1.807) is 20.8 Å². The van der Waals surface area contributed by atoms with Crippen LogP contribution >= 0.6 is 0 Å². The first-order valence-electron chi connectivity index (χ1n) is 6.47. The zero-order chi connectivity index (χ0) is 14.9. The van der Waals surface area contributed by atoms with Crippen LogP contribution in [0, 0.1) is 13.8 Å². The van der Waals surface area contributed by atoms with Gasteiger partial charge in [-0.2, -0.15) is 0 Å². The predicted molar refractivity (Wildman–Crippen MR) is 68.3 cm³/mol. The highest BCUT2D eigenvalue weighted by atomic mass is 16.5. The minimum atomic E-state index is -1.05. The van der Waals surface area contributed by atoms with Crippen LogP contribution < -0.4 is 0 Å². The molecule has 1 aliphatic heterocycles. The van der Waals surface area contributed by atoms with E-state index >= 15 is 0 Å². The van der Waals surface area contributed by atoms with Gasteiger partial charge in [0.2, 0.25) is 5.91 Å². The third kappa shape index (κ3) is 2.53. The Morgan fingerprint density at radius 1 is 1.45 bits per heavy atom. The summed E-state index contributed by atoms with van der Waals surface area (Å²) in [4.78, 5) is 25.1. The summed E-state index contributed by atoms with van der Waals surface area (Å²) in [6.07, 6.45) is 0. The normalized spacial score (nSPS) is 20.8. The smallest absolute Gasteiger partial charge is 0.328 e. The molecule has 2 atom stereocenters. The van der Waals surface area contributed by atoms with Crippen LogP contribution in [0.3, 0.4) is 0 Å². The lowest BCUT2D eigenvalue weighted by molar-refractivity contribution is -0.158. The van der Waals surface area contributed by atoms with Crippen molar-refractivity contribution in [2.75, 3.05) is 19.8 Å². The Balaban J connectivity index is 2.23. The second-order valence-corrected chi connectivity index (χ2v) is 4.92. The molecule has 1 aliphatic rings. The van der Waals surface area contributed by atoms with Gasteiger partial charge in [-0.1, -0.05) is 5.16 Å². The molecule has 1 saturated heterocycles. The summed E-state index contributed by atoms with van der Waals surface area (Å²) in [6, 6.07) is -0.931. The number of carboxylic acid groups (broad SMARTS) is 1. The summed E-state index contributed by atoms with van der Waals surface area (Å²) >= 11 is 0. The number of aromatic nitrogens is 1. The van der Waals surface area contributed by atoms with Gasteiger partial charge in [-0.15, -0.1) is 0 Å². The van der Waals surface area contributed by atoms with Gasteiger partial charge in [0.05, 0.1) is 24.8 Å². The number of morpholine rings is 1. The fourth-order valence-corrected chi connectivity index (χ4v) is 2.55. The molecule has 7 heteroatoms. The maximum Gasteiger partial charge on any atom is 0.328 e. The molecule has 1 fully saturated rings. The highest BCUT2D eigenvalue weighted by Crippen LogP contribution is 2.26. The standard InChI is InChI=1S/C13H18N2O5/c1-7(11-8(2)14-20-9(11)3)12(16)15-4-5-19-6-10(15)13(17)18/h7,10H,4-6H2,1-3H3,(H,17,18). The molecule has 0 aromatic carbocycles. The number of aliphatic carboxylic acids is 1. The van der Waals surface area contributed by atoms with Crippen LogP contribution in [0.2, 0.25) is 0 Å². The molecule has 110 valence electrons. The molecule has 1 amide bonds. The number of amides is 1. The third-order valence-electron chi connectivity index (χ3n) is 3.59. The van der Waals surface area contributed by atoms with Crippen LogP contribution in [0.25, 0.3) is 0 Å². The summed E-state index contributed by atoms with van der Waals surface area (Å²) in [5, 5.41) is 13.0. The van der Waals surface area contributed by atoms with Crippen LogP contribution in [0.5, 0.6) is 0 Å². The fourth-order valence-electron chi connectivity index (χ4n) is 2.55. The van der Waals surface area contributed by atoms with E-state index in [0.29, 0.717) is 18.1 Å². The molecule has 1 aromatic rings. The summed E-state index contributed by atoms with van der Waals surface area (Å²) in [7, 11) is 0. The molecule has 0 radical (unpaired) electrons. The number of carboxylic acids is 1. The Hall–Kier alpha value is -1.89. The summed E-state index contributed by atoms with van der Waals surface area (Å²) in [6.45, 7) is 5.91. The van der Waals surface area contributed by atoms with Crippen molar-refractivity contribution in [1.82, 2.24) is 10.1 Å². The summed E-state index contributed by atoms with van der Waals surface area (Å²) in [5.41, 5.74) is 1.38. The number of rotatable bonds is 3. The van der Waals surface area contributed by atoms with Crippen molar-refractivity contribution < 1.29 is 24.0 Å². The zero-order valence-electron chi connectivity index (χ0n) is 11.8. The van der Waals surface area contributed by atoms with Gasteiger partial charge >= 0.3 is 5.97 Å². The molecule has 20 heavy (non-hydrogen) atoms. The topological polar surface area (TPSA) is 92.9 Å². The SMILES string of the molecule is Cc1noc(C)c1C(C)C(=O)N1CCOCC1C(=O)O. The quantitative estimate of drug-likeness (QED) is 0.877. The van der Waals surface area contributed by atoms with Crippen molar-refractivity contribution in [3.63, 3.8) is 0 Å². The molecule has 7 nitrogen and oxygen atoms in total. The average Bonchev–Trinajstić information content (AvgIpc) is 2.76. The molecule has 0 saturated carbocycles. The lowest BCUT2D eigenvalue weighted by atomic mass is 9.97. The predicted octanol–water partition coefficient (Wildman–Crippen LogP) is 0.707. The van der Waals surface area contributed by atoms with E-state index in [2.05, 4.69) is 5.16 Å². The molecule has 0 aliphatic carbocycles. The van der Waals surface area contributed by atoms with Gasteiger partial charge in [0.25, 0.3) is 0 Å². The molecular weight excluding hydrogens is 264 g/mol. The van der Waals surface area contributed by atoms with Gasteiger partial charge in [-0.25, -0.2) is 4.79 Å². The van der Waals surface area contributed by atoms with E-state index in [0.717, 1.165) is 5.56 Å². The van der Waals surface area contributed by atoms with E-state index in [1.807, 2.05) is 0 Å². The Morgan fingerprint density at radius 3 is 2.70 bits per heavy atom. The van der Waals surface area contributed by atoms with Gasteiger partial charge < -0.3 is 19.3 Å². The minimum Gasteiger partial charge on any atom is -0.480 e. The van der Waals surface area contributed by atoms with Gasteiger partial charge in [-0.3, -0.25) is 4.79 Å². The maximum absolute atomic E-state index is 12.6. The molecule has 1 N–H and O–H groups in total. The Morgan fingerprint density at radius 2 is 2.15 bits per heavy atom. The van der Waals surface area contributed by atoms with Crippen molar-refractivity contribution in [3.05, 3.63) is 17.0 Å². The Labute approximate surface area is 116 Å². The molecule has 0 spiro atoms. The first-order chi connectivity index (χ1) is 9.43. The van der Waals surface area contributed by atoms with E-state index in [9.17, 15) is 14.7 Å². The van der Waals surface area contributed by atoms with Crippen molar-refractivity contribution in [3.8, 4) is 0 Å². The highest BCUT2D eigenvalue weighted by Gasteiger charge is 2.36. The minimum absolute atomic E-state index is 0.0232. The Kier molecular flexibility index (Phi) is 4.08. The highest BCUT2D eigenvalue weighted by molar-refractivity contribution is 5.88. The van der Waals surface area contributed by atoms with Gasteiger partial charge in [0.15, 0.2) is 6.04 Å². The number of carbonyl (C=O) groups is 2. The number of ether oxygens (including phenoxy) is 1. The number of nitrogens with zero attached hydrogens (tertiary/aromatic N) is 2. The lowest BCUT2D eigenvalue weighted by Gasteiger charge is -2.34. The molecule has 0 bridgehead atoms. The van der Waals surface area contributed by atoms with Crippen LogP contribution in [-0.4, -0.2) is 52.8 Å². The van der Waals surface area contributed by atoms with Gasteiger partial charge in [-0.05, 0) is 20.8 Å². The van der Waals surface area contributed by atoms with E-state index in [4.69, 9.17) is 9.26 Å². The maximum atomic E-state index is 12.6. The van der Waals surface area contributed by atoms with Gasteiger partial charge in [0.1, 0.15) is 5.76 Å². The number of hydrogen-bond acceptors (Lipinski definition) is 5. The molecular formula is C13H18N2O5. The number of aryl methyl sites for hydroxylation is 2. The third-order valence-corrected chi connectivity index (χ3v) is 3.59. The summed E-state index contributed by atoms with van der Waals surface area (Å²) in [5.74, 6) is -1.19. The van der Waals surface area contributed by atoms with Crippen molar-refractivity contribution in [2.24, 2.45) is 0 Å². The van der Waals surface area contributed by atoms with Crippen LogP contribution in [-0.2, 0) is 14.3 Å². The first kappa shape index (κ1) is 14.5. The summed E-state index contributed by atoms with van der Waals surface area (Å²) < 4.78 is 10.2. The van der Waals surface area contributed by atoms with E-state index in [1.165, 1.54) is 4.90 Å². The second kappa shape index (κ2) is 5.62. The largest absolute Gasteiger partial charge is 0.480 e. The van der Waals surface area contributed by atoms with Crippen LogP contribution in [0.1, 0.15) is 29.9 Å². The van der Waals surface area contributed by atoms with Gasteiger partial charge in [0, 0.05) is 12.1 Å². The molecule has 2 unspecified atom stereocenters. The molecule has 2 rings (SSSR count). The van der Waals surface area contributed by atoms with Crippen molar-refractivity contribution in [1.29, 1.82) is 0 Å². The monoisotopic (exact) mass is 282 g/mol. The Bertz CT molecular complexity index is 505. The van der Waals surface area contributed by atoms with Crippen molar-refractivity contribution in [2.45, 2.75) is 32.7 Å². The number of carbonyl (C=O) groups excluding carboxylic acids is 1. The lowest BCUT2D eigenvalue weighted by Crippen LogP contribution is -2.53. The molecule has 1 aromatic heterocycles. The van der Waals surface area contributed by atoms with Crippen LogP contribution in [0.15, 0.2) is 4.52 Å².